The quantitative estimate of drug-likeness (QED) is 0.560. The molecule has 0 fully saturated rings. The van der Waals surface area contributed by atoms with Gasteiger partial charge in [-0.3, -0.25) is 9.59 Å². The Morgan fingerprint density at radius 3 is 1.62 bits per heavy atom. The van der Waals surface area contributed by atoms with Crippen LogP contribution in [0, 0.1) is 0 Å². The van der Waals surface area contributed by atoms with E-state index in [1.54, 1.807) is 24.3 Å². The summed E-state index contributed by atoms with van der Waals surface area (Å²) in [6.45, 7) is 0. The van der Waals surface area contributed by atoms with E-state index in [0.29, 0.717) is 11.1 Å². The number of aromatic nitrogens is 2. The first-order chi connectivity index (χ1) is 7.79. The maximum Gasteiger partial charge on any atom is 0.214 e. The van der Waals surface area contributed by atoms with Crippen LogP contribution in [0.5, 0.6) is 0 Å². The first kappa shape index (κ1) is 8.91. The van der Waals surface area contributed by atoms with E-state index in [1.807, 2.05) is 0 Å². The summed E-state index contributed by atoms with van der Waals surface area (Å²) in [5.41, 5.74) is 1.10. The Bertz CT molecular complexity index is 514. The second kappa shape index (κ2) is 3.06. The molecule has 1 aliphatic rings. The number of nitrogens with zero attached hydrogens (tertiary/aromatic N) is 2. The molecular formula is C12H6N2O2. The Hall–Kier alpha value is -2.36. The highest BCUT2D eigenvalue weighted by molar-refractivity contribution is 6.26. The van der Waals surface area contributed by atoms with E-state index < -0.39 is 0 Å². The van der Waals surface area contributed by atoms with E-state index in [2.05, 4.69) is 9.97 Å². The third-order valence-corrected chi connectivity index (χ3v) is 2.54. The van der Waals surface area contributed by atoms with Crippen LogP contribution in [-0.2, 0) is 0 Å². The van der Waals surface area contributed by atoms with Crippen LogP contribution in [0.15, 0.2) is 36.7 Å². The predicted octanol–water partition coefficient (Wildman–Crippen LogP) is 1.25. The van der Waals surface area contributed by atoms with Crippen LogP contribution >= 0.6 is 0 Å². The highest BCUT2D eigenvalue weighted by Gasteiger charge is 2.31. The number of rotatable bonds is 0. The predicted molar refractivity (Wildman–Crippen MR) is 55.3 cm³/mol. The molecule has 1 aromatic heterocycles. The molecule has 1 aliphatic carbocycles. The van der Waals surface area contributed by atoms with Crippen LogP contribution in [0.3, 0.4) is 0 Å². The molecule has 1 heterocycles. The number of hydrogen-bond acceptors (Lipinski definition) is 4. The third kappa shape index (κ3) is 1.04. The van der Waals surface area contributed by atoms with Crippen molar-refractivity contribution in [2.75, 3.05) is 0 Å². The van der Waals surface area contributed by atoms with Gasteiger partial charge < -0.3 is 0 Å². The normalized spacial score (nSPS) is 13.2. The minimum absolute atomic E-state index is 0.145. The molecule has 3 rings (SSSR count). The van der Waals surface area contributed by atoms with Crippen LogP contribution in [0.25, 0.3) is 0 Å². The number of carbonyl (C=O) groups is 2. The van der Waals surface area contributed by atoms with Gasteiger partial charge in [-0.25, -0.2) is 9.97 Å². The van der Waals surface area contributed by atoms with Crippen molar-refractivity contribution in [2.24, 2.45) is 0 Å². The van der Waals surface area contributed by atoms with E-state index in [-0.39, 0.29) is 23.0 Å². The standard InChI is InChI=1S/C12H6N2O2/c15-11-7-3-1-2-4-8(7)12(16)10-9(11)13-5-6-14-10/h1-6H. The first-order valence-electron chi connectivity index (χ1n) is 4.78. The Morgan fingerprint density at radius 2 is 1.19 bits per heavy atom. The molecule has 0 saturated carbocycles. The molecule has 0 spiro atoms. The molecule has 0 N–H and O–H groups in total. The van der Waals surface area contributed by atoms with Crippen molar-refractivity contribution in [3.63, 3.8) is 0 Å². The zero-order valence-corrected chi connectivity index (χ0v) is 8.18. The molecule has 0 bridgehead atoms. The molecule has 0 aliphatic heterocycles. The van der Waals surface area contributed by atoms with Crippen molar-refractivity contribution >= 4 is 11.6 Å². The lowest BCUT2D eigenvalue weighted by atomic mass is 9.90. The number of ketones is 2. The fraction of sp³-hybridized carbons (Fsp3) is 0. The SMILES string of the molecule is O=C1c2ccccc2C(=O)c2nccnc21. The molecule has 1 aromatic carbocycles. The van der Waals surface area contributed by atoms with Crippen molar-refractivity contribution in [1.82, 2.24) is 9.97 Å². The monoisotopic (exact) mass is 210 g/mol. The first-order valence-corrected chi connectivity index (χ1v) is 4.78. The number of benzene rings is 1. The van der Waals surface area contributed by atoms with Crippen molar-refractivity contribution in [3.05, 3.63) is 59.2 Å². The third-order valence-electron chi connectivity index (χ3n) is 2.54. The molecule has 16 heavy (non-hydrogen) atoms. The van der Waals surface area contributed by atoms with Crippen LogP contribution in [0.1, 0.15) is 32.1 Å². The van der Waals surface area contributed by atoms with Crippen molar-refractivity contribution in [1.29, 1.82) is 0 Å². The molecule has 0 unspecified atom stereocenters. The highest BCUT2D eigenvalue weighted by Crippen LogP contribution is 2.23. The van der Waals surface area contributed by atoms with Gasteiger partial charge in [0, 0.05) is 23.5 Å². The maximum absolute atomic E-state index is 12.0. The molecular weight excluding hydrogens is 204 g/mol. The Balaban J connectivity index is 2.35. The van der Waals surface area contributed by atoms with Gasteiger partial charge in [-0.15, -0.1) is 0 Å². The Labute approximate surface area is 91.0 Å². The fourth-order valence-corrected chi connectivity index (χ4v) is 1.80. The summed E-state index contributed by atoms with van der Waals surface area (Å²) >= 11 is 0. The molecule has 4 heteroatoms. The largest absolute Gasteiger partial charge is 0.287 e. The van der Waals surface area contributed by atoms with Gasteiger partial charge in [-0.1, -0.05) is 24.3 Å². The lowest BCUT2D eigenvalue weighted by molar-refractivity contribution is 0.0971. The van der Waals surface area contributed by atoms with Crippen LogP contribution in [0.2, 0.25) is 0 Å². The van der Waals surface area contributed by atoms with Gasteiger partial charge in [-0.05, 0) is 0 Å². The van der Waals surface area contributed by atoms with E-state index >= 15 is 0 Å². The van der Waals surface area contributed by atoms with Gasteiger partial charge >= 0.3 is 0 Å². The second-order valence-electron chi connectivity index (χ2n) is 3.46. The van der Waals surface area contributed by atoms with Crippen molar-refractivity contribution in [3.8, 4) is 0 Å². The van der Waals surface area contributed by atoms with Gasteiger partial charge in [0.2, 0.25) is 11.6 Å². The number of hydrogen-bond donors (Lipinski definition) is 0. The molecule has 4 nitrogen and oxygen atoms in total. The zero-order valence-electron chi connectivity index (χ0n) is 8.18. The van der Waals surface area contributed by atoms with E-state index in [0.717, 1.165) is 0 Å². The molecule has 2 aromatic rings. The summed E-state index contributed by atoms with van der Waals surface area (Å²) in [5.74, 6) is -0.475. The minimum Gasteiger partial charge on any atom is -0.287 e. The van der Waals surface area contributed by atoms with Gasteiger partial charge in [0.25, 0.3) is 0 Å². The summed E-state index contributed by atoms with van der Waals surface area (Å²) in [5, 5.41) is 0. The van der Waals surface area contributed by atoms with Gasteiger partial charge in [-0.2, -0.15) is 0 Å². The summed E-state index contributed by atoms with van der Waals surface area (Å²) < 4.78 is 0. The smallest absolute Gasteiger partial charge is 0.214 e. The Morgan fingerprint density at radius 1 is 0.750 bits per heavy atom. The zero-order chi connectivity index (χ0) is 11.1. The van der Waals surface area contributed by atoms with E-state index in [1.165, 1.54) is 12.4 Å². The van der Waals surface area contributed by atoms with Crippen LogP contribution in [-0.4, -0.2) is 21.5 Å². The summed E-state index contributed by atoms with van der Waals surface area (Å²) in [6.07, 6.45) is 2.83. The molecule has 0 radical (unpaired) electrons. The molecule has 0 amide bonds. The average molecular weight is 210 g/mol. The lowest BCUT2D eigenvalue weighted by Gasteiger charge is -2.14. The Kier molecular flexibility index (Phi) is 1.71. The van der Waals surface area contributed by atoms with E-state index in [4.69, 9.17) is 0 Å². The van der Waals surface area contributed by atoms with E-state index in [9.17, 15) is 9.59 Å². The van der Waals surface area contributed by atoms with Crippen molar-refractivity contribution in [2.45, 2.75) is 0 Å². The topological polar surface area (TPSA) is 59.9 Å². The summed E-state index contributed by atoms with van der Waals surface area (Å²) in [6, 6.07) is 6.72. The highest BCUT2D eigenvalue weighted by atomic mass is 16.1. The fourth-order valence-electron chi connectivity index (χ4n) is 1.80. The van der Waals surface area contributed by atoms with Gasteiger partial charge in [0.05, 0.1) is 0 Å². The lowest BCUT2D eigenvalue weighted by Crippen LogP contribution is -2.23. The molecule has 76 valence electrons. The maximum atomic E-state index is 12.0. The number of fused-ring (bicyclic) bond motifs is 2. The van der Waals surface area contributed by atoms with Gasteiger partial charge in [0.15, 0.2) is 0 Å². The van der Waals surface area contributed by atoms with Crippen LogP contribution in [0.4, 0.5) is 0 Å². The molecule has 0 saturated heterocycles. The van der Waals surface area contributed by atoms with Gasteiger partial charge in [0.1, 0.15) is 11.4 Å². The summed E-state index contributed by atoms with van der Waals surface area (Å²) in [7, 11) is 0. The van der Waals surface area contributed by atoms with Crippen LogP contribution < -0.4 is 0 Å². The second-order valence-corrected chi connectivity index (χ2v) is 3.46. The van der Waals surface area contributed by atoms with Crippen molar-refractivity contribution < 1.29 is 9.59 Å². The number of carbonyl (C=O) groups excluding carboxylic acids is 2. The average Bonchev–Trinajstić information content (AvgIpc) is 2.36. The molecule has 0 atom stereocenters. The summed E-state index contributed by atoms with van der Waals surface area (Å²) in [4.78, 5) is 31.8. The minimum atomic E-state index is -0.238.